The van der Waals surface area contributed by atoms with Gasteiger partial charge in [0.05, 0.1) is 39.9 Å². The third kappa shape index (κ3) is 7.56. The van der Waals surface area contributed by atoms with Crippen LogP contribution in [0.1, 0.15) is 12.0 Å². The van der Waals surface area contributed by atoms with Crippen LogP contribution in [0.4, 0.5) is 0 Å². The summed E-state index contributed by atoms with van der Waals surface area (Å²) in [5.41, 5.74) is 6.84. The van der Waals surface area contributed by atoms with Gasteiger partial charge in [-0.25, -0.2) is 4.18 Å². The lowest BCUT2D eigenvalue weighted by atomic mass is 10.1. The van der Waals surface area contributed by atoms with Gasteiger partial charge < -0.3 is 15.0 Å². The molecular weight excluding hydrogens is 320 g/mol. The van der Waals surface area contributed by atoms with Crippen molar-refractivity contribution in [3.05, 3.63) is 35.9 Å². The van der Waals surface area contributed by atoms with E-state index in [2.05, 4.69) is 0 Å². The molecule has 0 fully saturated rings. The number of esters is 1. The number of carbonyl (C=O) groups excluding carboxylic acids is 1. The maximum absolute atomic E-state index is 11.9. The molecule has 0 spiro atoms. The van der Waals surface area contributed by atoms with Crippen molar-refractivity contribution in [1.82, 2.24) is 0 Å². The topological polar surface area (TPSA) is 95.7 Å². The first kappa shape index (κ1) is 19.6. The number of nitrogens with two attached hydrogens (primary N) is 1. The number of hydrogen-bond acceptors (Lipinski definition) is 6. The molecule has 0 saturated carbocycles. The van der Waals surface area contributed by atoms with Gasteiger partial charge in [0.25, 0.3) is 10.1 Å². The van der Waals surface area contributed by atoms with Crippen LogP contribution >= 0.6 is 0 Å². The minimum atomic E-state index is -3.69. The van der Waals surface area contributed by atoms with Gasteiger partial charge >= 0.3 is 5.97 Å². The highest BCUT2D eigenvalue weighted by Gasteiger charge is 2.36. The third-order valence-corrected chi connectivity index (χ3v) is 3.59. The molecule has 0 radical (unpaired) electrons. The Morgan fingerprint density at radius 1 is 1.22 bits per heavy atom. The van der Waals surface area contributed by atoms with Crippen LogP contribution in [-0.2, 0) is 30.4 Å². The molecule has 0 bridgehead atoms. The summed E-state index contributed by atoms with van der Waals surface area (Å²) in [7, 11) is 1.53. The van der Waals surface area contributed by atoms with E-state index in [-0.39, 0.29) is 17.5 Å². The van der Waals surface area contributed by atoms with E-state index in [0.29, 0.717) is 0 Å². The Hall–Kier alpha value is -1.48. The molecule has 1 aromatic carbocycles. The van der Waals surface area contributed by atoms with Gasteiger partial charge in [-0.05, 0) is 5.56 Å². The van der Waals surface area contributed by atoms with Crippen LogP contribution in [0.5, 0.6) is 0 Å². The number of nitrogens with zero attached hydrogens (tertiary/aromatic N) is 1. The van der Waals surface area contributed by atoms with Gasteiger partial charge in [0.2, 0.25) is 6.23 Å². The Kier molecular flexibility index (Phi) is 6.69. The van der Waals surface area contributed by atoms with E-state index in [1.165, 1.54) is 0 Å². The maximum Gasteiger partial charge on any atom is 0.308 e. The van der Waals surface area contributed by atoms with Crippen molar-refractivity contribution in [3.8, 4) is 0 Å². The van der Waals surface area contributed by atoms with Crippen LogP contribution in [0.25, 0.3) is 0 Å². The zero-order valence-electron chi connectivity index (χ0n) is 13.9. The third-order valence-electron chi connectivity index (χ3n) is 3.05. The molecule has 0 aliphatic rings. The first-order valence-electron chi connectivity index (χ1n) is 7.13. The Labute approximate surface area is 137 Å². The van der Waals surface area contributed by atoms with Crippen LogP contribution in [0, 0.1) is 0 Å². The van der Waals surface area contributed by atoms with E-state index in [1.54, 1.807) is 21.1 Å². The van der Waals surface area contributed by atoms with E-state index < -0.39 is 28.4 Å². The number of ether oxygens (including phenoxy) is 1. The minimum Gasteiger partial charge on any atom is -0.461 e. The highest BCUT2D eigenvalue weighted by atomic mass is 32.2. The monoisotopic (exact) mass is 345 g/mol. The smallest absolute Gasteiger partial charge is 0.308 e. The summed E-state index contributed by atoms with van der Waals surface area (Å²) in [6.07, 6.45) is -0.0622. The van der Waals surface area contributed by atoms with E-state index >= 15 is 0 Å². The van der Waals surface area contributed by atoms with E-state index in [0.717, 1.165) is 11.8 Å². The molecular formula is C15H25N2O5S+. The Morgan fingerprint density at radius 2 is 1.78 bits per heavy atom. The average Bonchev–Trinajstić information content (AvgIpc) is 2.41. The molecule has 2 atom stereocenters. The normalized spacial score (nSPS) is 15.0. The largest absolute Gasteiger partial charge is 0.461 e. The summed E-state index contributed by atoms with van der Waals surface area (Å²) in [5, 5.41) is 0. The molecule has 0 heterocycles. The lowest BCUT2D eigenvalue weighted by molar-refractivity contribution is -0.916. The molecule has 130 valence electrons. The van der Waals surface area contributed by atoms with Gasteiger partial charge in [-0.2, -0.15) is 8.42 Å². The molecule has 8 heteroatoms. The number of rotatable bonds is 8. The first-order valence-corrected chi connectivity index (χ1v) is 8.95. The van der Waals surface area contributed by atoms with Crippen LogP contribution in [0.2, 0.25) is 0 Å². The molecule has 7 nitrogen and oxygen atoms in total. The molecule has 0 saturated heterocycles. The van der Waals surface area contributed by atoms with Crippen molar-refractivity contribution in [2.45, 2.75) is 25.3 Å². The predicted molar refractivity (Wildman–Crippen MR) is 86.6 cm³/mol. The van der Waals surface area contributed by atoms with Gasteiger partial charge in [0, 0.05) is 0 Å². The first-order chi connectivity index (χ1) is 10.5. The lowest BCUT2D eigenvalue weighted by Crippen LogP contribution is -2.57. The molecule has 2 N–H and O–H groups in total. The van der Waals surface area contributed by atoms with Gasteiger partial charge in [0.15, 0.2) is 0 Å². The van der Waals surface area contributed by atoms with E-state index in [4.69, 9.17) is 14.7 Å². The molecule has 0 aromatic heterocycles. The second kappa shape index (κ2) is 7.87. The predicted octanol–water partition coefficient (Wildman–Crippen LogP) is 0.456. The Balaban J connectivity index is 2.63. The van der Waals surface area contributed by atoms with Gasteiger partial charge in [0.1, 0.15) is 6.61 Å². The molecule has 1 rings (SSSR count). The van der Waals surface area contributed by atoms with Crippen molar-refractivity contribution in [2.75, 3.05) is 27.4 Å². The zero-order valence-corrected chi connectivity index (χ0v) is 14.7. The molecule has 0 aliphatic carbocycles. The number of hydrogen-bond donors (Lipinski definition) is 1. The fraction of sp³-hybridized carbons (Fsp3) is 0.533. The van der Waals surface area contributed by atoms with Crippen LogP contribution in [-0.4, -0.2) is 58.5 Å². The molecule has 0 aliphatic heterocycles. The number of carbonyl (C=O) groups is 1. The van der Waals surface area contributed by atoms with Crippen molar-refractivity contribution in [1.29, 1.82) is 0 Å². The minimum absolute atomic E-state index is 0.136. The highest BCUT2D eigenvalue weighted by molar-refractivity contribution is 7.86. The SMILES string of the molecule is C[N+](C)(C)C(OS(C)(=O)=O)[C@H](N)CC(=O)OCc1ccccc1. The Bertz CT molecular complexity index is 611. The summed E-state index contributed by atoms with van der Waals surface area (Å²) < 4.78 is 33.1. The number of benzene rings is 1. The molecule has 1 aromatic rings. The summed E-state index contributed by atoms with van der Waals surface area (Å²) >= 11 is 0. The van der Waals surface area contributed by atoms with Crippen molar-refractivity contribution in [2.24, 2.45) is 5.73 Å². The van der Waals surface area contributed by atoms with Crippen molar-refractivity contribution < 1.29 is 26.6 Å². The van der Waals surface area contributed by atoms with Crippen molar-refractivity contribution >= 4 is 16.1 Å². The van der Waals surface area contributed by atoms with Crippen LogP contribution in [0.15, 0.2) is 30.3 Å². The highest BCUT2D eigenvalue weighted by Crippen LogP contribution is 2.14. The number of quaternary nitrogens is 1. The molecule has 23 heavy (non-hydrogen) atoms. The Morgan fingerprint density at radius 3 is 2.26 bits per heavy atom. The second-order valence-electron chi connectivity index (χ2n) is 6.32. The van der Waals surface area contributed by atoms with Gasteiger partial charge in [-0.3, -0.25) is 4.79 Å². The number of likely N-dealkylation sites (N-methyl/N-ethyl adjacent to an activating group) is 1. The second-order valence-corrected chi connectivity index (χ2v) is 7.92. The quantitative estimate of drug-likeness (QED) is 0.318. The van der Waals surface area contributed by atoms with Crippen LogP contribution in [0.3, 0.4) is 0 Å². The van der Waals surface area contributed by atoms with Crippen LogP contribution < -0.4 is 5.73 Å². The van der Waals surface area contributed by atoms with Gasteiger partial charge in [-0.1, -0.05) is 30.3 Å². The van der Waals surface area contributed by atoms with E-state index in [1.807, 2.05) is 30.3 Å². The fourth-order valence-electron chi connectivity index (χ4n) is 2.04. The summed E-state index contributed by atoms with van der Waals surface area (Å²) in [6.45, 7) is 0.147. The maximum atomic E-state index is 11.9. The summed E-state index contributed by atoms with van der Waals surface area (Å²) in [4.78, 5) is 11.9. The summed E-state index contributed by atoms with van der Waals surface area (Å²) in [5.74, 6) is -0.503. The standard InChI is InChI=1S/C15H25N2O5S/c1-17(2,3)15(22-23(4,19)20)13(16)10-14(18)21-11-12-8-6-5-7-9-12/h5-9,13,15H,10-11,16H2,1-4H3/q+1/t13-,15?/m1/s1. The average molecular weight is 345 g/mol. The van der Waals surface area contributed by atoms with E-state index in [9.17, 15) is 13.2 Å². The fourth-order valence-corrected chi connectivity index (χ4v) is 2.80. The zero-order chi connectivity index (χ0) is 17.7. The lowest BCUT2D eigenvalue weighted by Gasteiger charge is -2.35. The van der Waals surface area contributed by atoms with Crippen molar-refractivity contribution in [3.63, 3.8) is 0 Å². The molecule has 0 amide bonds. The van der Waals surface area contributed by atoms with Gasteiger partial charge in [-0.15, -0.1) is 0 Å². The summed E-state index contributed by atoms with van der Waals surface area (Å²) in [6, 6.07) is 8.44. The molecule has 1 unspecified atom stereocenters.